The molecule has 0 saturated heterocycles. The highest BCUT2D eigenvalue weighted by atomic mass is 35.5. The summed E-state index contributed by atoms with van der Waals surface area (Å²) in [4.78, 5) is 0. The molecule has 0 amide bonds. The van der Waals surface area contributed by atoms with E-state index < -0.39 is 0 Å². The fourth-order valence-electron chi connectivity index (χ4n) is 1.63. The summed E-state index contributed by atoms with van der Waals surface area (Å²) in [6.07, 6.45) is 1.78. The third-order valence-electron chi connectivity index (χ3n) is 2.79. The summed E-state index contributed by atoms with van der Waals surface area (Å²) in [5.41, 5.74) is 6.08. The summed E-state index contributed by atoms with van der Waals surface area (Å²) in [6.45, 7) is 8.09. The van der Waals surface area contributed by atoms with Crippen LogP contribution in [0.2, 0.25) is 5.02 Å². The van der Waals surface area contributed by atoms with Gasteiger partial charge in [0.2, 0.25) is 0 Å². The molecule has 1 unspecified atom stereocenters. The zero-order chi connectivity index (χ0) is 12.1. The molecule has 1 aromatic rings. The lowest BCUT2D eigenvalue weighted by molar-refractivity contribution is 0.544. The maximum Gasteiger partial charge on any atom is 0.0511 e. The van der Waals surface area contributed by atoms with Gasteiger partial charge < -0.3 is 0 Å². The molecule has 2 nitrogen and oxygen atoms in total. The van der Waals surface area contributed by atoms with Crippen LogP contribution >= 0.6 is 11.6 Å². The molecule has 3 heteroatoms. The highest BCUT2D eigenvalue weighted by molar-refractivity contribution is 6.32. The van der Waals surface area contributed by atoms with Gasteiger partial charge >= 0.3 is 0 Å². The normalized spacial score (nSPS) is 12.5. The number of nitrogens with two attached hydrogens (primary N) is 1. The van der Waals surface area contributed by atoms with Gasteiger partial charge in [-0.2, -0.15) is 0 Å². The van der Waals surface area contributed by atoms with Crippen molar-refractivity contribution >= 4 is 11.6 Å². The van der Waals surface area contributed by atoms with Crippen LogP contribution in [0.5, 0.6) is 0 Å². The molecule has 0 heterocycles. The zero-order valence-electron chi connectivity index (χ0n) is 9.89. The van der Waals surface area contributed by atoms with Gasteiger partial charge in [0.05, 0.1) is 6.04 Å². The van der Waals surface area contributed by atoms with Gasteiger partial charge in [-0.25, -0.2) is 0 Å². The highest BCUT2D eigenvalue weighted by Crippen LogP contribution is 2.29. The molecular formula is C13H19ClN2. The van der Waals surface area contributed by atoms with Crippen molar-refractivity contribution in [1.82, 2.24) is 5.43 Å². The summed E-state index contributed by atoms with van der Waals surface area (Å²) >= 11 is 6.27. The van der Waals surface area contributed by atoms with Crippen LogP contribution in [0, 0.1) is 6.92 Å². The monoisotopic (exact) mass is 238 g/mol. The average molecular weight is 239 g/mol. The first-order chi connectivity index (χ1) is 7.60. The largest absolute Gasteiger partial charge is 0.271 e. The minimum Gasteiger partial charge on any atom is -0.271 e. The van der Waals surface area contributed by atoms with Crippen molar-refractivity contribution in [3.8, 4) is 0 Å². The Morgan fingerprint density at radius 2 is 2.25 bits per heavy atom. The number of hydrazine groups is 1. The van der Waals surface area contributed by atoms with Gasteiger partial charge in [0.25, 0.3) is 0 Å². The van der Waals surface area contributed by atoms with Crippen molar-refractivity contribution < 1.29 is 0 Å². The summed E-state index contributed by atoms with van der Waals surface area (Å²) < 4.78 is 0. The lowest BCUT2D eigenvalue weighted by Gasteiger charge is -2.19. The van der Waals surface area contributed by atoms with Crippen LogP contribution in [0.25, 0.3) is 0 Å². The third kappa shape index (κ3) is 3.08. The molecule has 0 aliphatic carbocycles. The Morgan fingerprint density at radius 3 is 2.81 bits per heavy atom. The van der Waals surface area contributed by atoms with Gasteiger partial charge in [0, 0.05) is 5.02 Å². The number of hydrogen-bond acceptors (Lipinski definition) is 2. The lowest BCUT2D eigenvalue weighted by atomic mass is 9.97. The standard InChI is InChI=1S/C13H19ClN2/c1-4-9(2)8-12(16-15)11-7-5-6-10(3)13(11)14/h5-7,12,16H,2,4,8,15H2,1,3H3. The van der Waals surface area contributed by atoms with E-state index in [9.17, 15) is 0 Å². The van der Waals surface area contributed by atoms with Crippen LogP contribution in [-0.2, 0) is 0 Å². The van der Waals surface area contributed by atoms with Gasteiger partial charge in [-0.05, 0) is 30.9 Å². The quantitative estimate of drug-likeness (QED) is 0.468. The minimum atomic E-state index is 0.0415. The van der Waals surface area contributed by atoms with Crippen molar-refractivity contribution in [2.75, 3.05) is 0 Å². The second-order valence-electron chi connectivity index (χ2n) is 4.01. The van der Waals surface area contributed by atoms with Gasteiger partial charge in [-0.15, -0.1) is 0 Å². The molecule has 1 atom stereocenters. The first-order valence-electron chi connectivity index (χ1n) is 5.48. The van der Waals surface area contributed by atoms with Crippen molar-refractivity contribution in [2.24, 2.45) is 5.84 Å². The van der Waals surface area contributed by atoms with Crippen LogP contribution < -0.4 is 11.3 Å². The van der Waals surface area contributed by atoms with Gasteiger partial charge in [0.1, 0.15) is 0 Å². The first kappa shape index (κ1) is 13.2. The van der Waals surface area contributed by atoms with E-state index in [0.717, 1.165) is 29.0 Å². The topological polar surface area (TPSA) is 38.0 Å². The number of nitrogens with one attached hydrogen (secondary N) is 1. The van der Waals surface area contributed by atoms with Crippen molar-refractivity contribution in [3.63, 3.8) is 0 Å². The van der Waals surface area contributed by atoms with E-state index in [0.29, 0.717) is 0 Å². The SMILES string of the molecule is C=C(CC)CC(NN)c1cccc(C)c1Cl. The van der Waals surface area contributed by atoms with E-state index >= 15 is 0 Å². The maximum atomic E-state index is 6.27. The van der Waals surface area contributed by atoms with E-state index in [1.54, 1.807) is 0 Å². The maximum absolute atomic E-state index is 6.27. The Labute approximate surface area is 102 Å². The predicted octanol–water partition coefficient (Wildman–Crippen LogP) is 3.51. The molecule has 0 spiro atoms. The van der Waals surface area contributed by atoms with E-state index in [4.69, 9.17) is 17.4 Å². The molecule has 3 N–H and O–H groups in total. The molecule has 0 saturated carbocycles. The number of rotatable bonds is 5. The van der Waals surface area contributed by atoms with E-state index in [1.807, 2.05) is 25.1 Å². The number of benzene rings is 1. The van der Waals surface area contributed by atoms with Gasteiger partial charge in [-0.3, -0.25) is 11.3 Å². The van der Waals surface area contributed by atoms with Crippen LogP contribution in [0.3, 0.4) is 0 Å². The van der Waals surface area contributed by atoms with Crippen LogP contribution in [-0.4, -0.2) is 0 Å². The molecule has 1 rings (SSSR count). The van der Waals surface area contributed by atoms with Crippen molar-refractivity contribution in [2.45, 2.75) is 32.7 Å². The van der Waals surface area contributed by atoms with Crippen LogP contribution in [0.1, 0.15) is 36.9 Å². The molecule has 0 radical (unpaired) electrons. The Morgan fingerprint density at radius 1 is 1.56 bits per heavy atom. The predicted molar refractivity (Wildman–Crippen MR) is 70.3 cm³/mol. The summed E-state index contributed by atoms with van der Waals surface area (Å²) in [7, 11) is 0. The molecule has 0 bridgehead atoms. The first-order valence-corrected chi connectivity index (χ1v) is 5.85. The average Bonchev–Trinajstić information content (AvgIpc) is 2.29. The minimum absolute atomic E-state index is 0.0415. The molecule has 0 aliphatic rings. The molecule has 0 fully saturated rings. The summed E-state index contributed by atoms with van der Waals surface area (Å²) in [5.74, 6) is 5.58. The summed E-state index contributed by atoms with van der Waals surface area (Å²) in [5, 5.41) is 0.786. The Balaban J connectivity index is 2.95. The number of hydrogen-bond donors (Lipinski definition) is 2. The second-order valence-corrected chi connectivity index (χ2v) is 4.38. The fourth-order valence-corrected chi connectivity index (χ4v) is 1.89. The number of halogens is 1. The highest BCUT2D eigenvalue weighted by Gasteiger charge is 2.14. The molecule has 0 aliphatic heterocycles. The molecule has 0 aromatic heterocycles. The van der Waals surface area contributed by atoms with E-state index in [1.165, 1.54) is 5.57 Å². The van der Waals surface area contributed by atoms with E-state index in [2.05, 4.69) is 18.9 Å². The smallest absolute Gasteiger partial charge is 0.0511 e. The summed E-state index contributed by atoms with van der Waals surface area (Å²) in [6, 6.07) is 6.03. The fraction of sp³-hybridized carbons (Fsp3) is 0.385. The second kappa shape index (κ2) is 6.04. The van der Waals surface area contributed by atoms with Crippen molar-refractivity contribution in [3.05, 3.63) is 46.5 Å². The Hall–Kier alpha value is -0.830. The zero-order valence-corrected chi connectivity index (χ0v) is 10.6. The van der Waals surface area contributed by atoms with E-state index in [-0.39, 0.29) is 6.04 Å². The Bertz CT molecular complexity index is 374. The van der Waals surface area contributed by atoms with Crippen molar-refractivity contribution in [1.29, 1.82) is 0 Å². The Kier molecular flexibility index (Phi) is 5.00. The third-order valence-corrected chi connectivity index (χ3v) is 3.31. The van der Waals surface area contributed by atoms with Crippen LogP contribution in [0.15, 0.2) is 30.4 Å². The molecular weight excluding hydrogens is 220 g/mol. The lowest BCUT2D eigenvalue weighted by Crippen LogP contribution is -2.28. The molecule has 1 aromatic carbocycles. The van der Waals surface area contributed by atoms with Gasteiger partial charge in [-0.1, -0.05) is 48.9 Å². The number of aryl methyl sites for hydroxylation is 1. The molecule has 16 heavy (non-hydrogen) atoms. The van der Waals surface area contributed by atoms with Gasteiger partial charge in [0.15, 0.2) is 0 Å². The molecule has 88 valence electrons. The van der Waals surface area contributed by atoms with Crippen LogP contribution in [0.4, 0.5) is 0 Å².